The van der Waals surface area contributed by atoms with Crippen molar-refractivity contribution in [3.63, 3.8) is 0 Å². The lowest BCUT2D eigenvalue weighted by Gasteiger charge is -2.33. The summed E-state index contributed by atoms with van der Waals surface area (Å²) in [5.41, 5.74) is -0.338. The number of carbonyl (C=O) groups is 2. The zero-order valence-electron chi connectivity index (χ0n) is 21.0. The summed E-state index contributed by atoms with van der Waals surface area (Å²) < 4.78 is 13.0. The van der Waals surface area contributed by atoms with E-state index in [2.05, 4.69) is 26.0 Å². The van der Waals surface area contributed by atoms with E-state index in [-0.39, 0.29) is 19.6 Å². The molecule has 0 saturated carbocycles. The number of nitrogens with one attached hydrogen (secondary N) is 1. The van der Waals surface area contributed by atoms with Crippen molar-refractivity contribution >= 4 is 27.8 Å². The third-order valence-corrected chi connectivity index (χ3v) is 6.70. The Labute approximate surface area is 225 Å². The Hall–Kier alpha value is -3.97. The van der Waals surface area contributed by atoms with Crippen LogP contribution in [-0.4, -0.2) is 81.4 Å². The van der Waals surface area contributed by atoms with Crippen LogP contribution in [0.15, 0.2) is 44.4 Å². The molecular formula is C25H26BrN5O7. The first-order valence-electron chi connectivity index (χ1n) is 11.7. The molecule has 13 heteroatoms. The number of aromatic nitrogens is 3. The van der Waals surface area contributed by atoms with Gasteiger partial charge in [0.1, 0.15) is 17.2 Å². The zero-order valence-corrected chi connectivity index (χ0v) is 22.6. The molecule has 0 bridgehead atoms. The minimum absolute atomic E-state index is 0.125. The quantitative estimate of drug-likeness (QED) is 0.423. The van der Waals surface area contributed by atoms with Gasteiger partial charge in [0.25, 0.3) is 11.5 Å². The van der Waals surface area contributed by atoms with E-state index in [1.165, 1.54) is 4.90 Å². The maximum Gasteiger partial charge on any atom is 0.349 e. The number of H-pyrrole nitrogens is 1. The molecular weight excluding hydrogens is 562 g/mol. The number of nitrogens with zero attached hydrogens (tertiary/aromatic N) is 4. The van der Waals surface area contributed by atoms with E-state index in [1.54, 1.807) is 42.3 Å². The molecule has 1 aromatic heterocycles. The molecule has 1 fully saturated rings. The van der Waals surface area contributed by atoms with Crippen molar-refractivity contribution in [3.05, 3.63) is 72.5 Å². The van der Waals surface area contributed by atoms with Gasteiger partial charge in [0.05, 0.1) is 23.8 Å². The Morgan fingerprint density at radius 3 is 2.32 bits per heavy atom. The van der Waals surface area contributed by atoms with E-state index < -0.39 is 28.8 Å². The number of carbonyl (C=O) groups excluding carboxylic acids is 1. The molecule has 0 radical (unpaired) electrons. The number of rotatable bonds is 7. The summed E-state index contributed by atoms with van der Waals surface area (Å²) in [7, 11) is 1.57. The third kappa shape index (κ3) is 5.78. The summed E-state index contributed by atoms with van der Waals surface area (Å²) >= 11 is 3.44. The number of hydrogen-bond donors (Lipinski definition) is 2. The number of benzene rings is 2. The number of ether oxygens (including phenoxy) is 2. The third-order valence-electron chi connectivity index (χ3n) is 6.08. The van der Waals surface area contributed by atoms with Crippen LogP contribution in [0.4, 0.5) is 0 Å². The normalized spacial score (nSPS) is 13.8. The van der Waals surface area contributed by atoms with E-state index in [1.807, 2.05) is 13.8 Å². The van der Waals surface area contributed by atoms with E-state index in [9.17, 15) is 19.2 Å². The summed E-state index contributed by atoms with van der Waals surface area (Å²) in [5.74, 6) is 0.241. The fourth-order valence-corrected chi connectivity index (χ4v) is 4.72. The van der Waals surface area contributed by atoms with Crippen LogP contribution in [0.25, 0.3) is 5.69 Å². The number of aromatic amines is 1. The van der Waals surface area contributed by atoms with E-state index >= 15 is 0 Å². The topological polar surface area (TPSA) is 147 Å². The summed E-state index contributed by atoms with van der Waals surface area (Å²) in [6, 6.07) is 8.66. The molecule has 4 rings (SSSR count). The summed E-state index contributed by atoms with van der Waals surface area (Å²) in [5, 5.41) is 13.1. The Morgan fingerprint density at radius 1 is 1.08 bits per heavy atom. The number of methoxy groups -OCH3 is 1. The van der Waals surface area contributed by atoms with Gasteiger partial charge in [0, 0.05) is 26.2 Å². The average molecular weight is 588 g/mol. The second-order valence-electron chi connectivity index (χ2n) is 8.79. The molecule has 3 aromatic rings. The average Bonchev–Trinajstić information content (AvgIpc) is 2.86. The van der Waals surface area contributed by atoms with Crippen LogP contribution in [0.2, 0.25) is 0 Å². The molecule has 1 aliphatic heterocycles. The number of halogens is 1. The first kappa shape index (κ1) is 27.1. The van der Waals surface area contributed by atoms with Crippen molar-refractivity contribution < 1.29 is 24.2 Å². The first-order chi connectivity index (χ1) is 18.1. The molecule has 1 aliphatic rings. The van der Waals surface area contributed by atoms with Gasteiger partial charge < -0.3 is 19.5 Å². The van der Waals surface area contributed by atoms with E-state index in [0.29, 0.717) is 47.2 Å². The van der Waals surface area contributed by atoms with Crippen LogP contribution in [0, 0.1) is 13.8 Å². The number of amides is 1. The highest BCUT2D eigenvalue weighted by atomic mass is 79.9. The maximum atomic E-state index is 13.1. The van der Waals surface area contributed by atoms with Crippen molar-refractivity contribution in [2.75, 3.05) is 39.8 Å². The predicted molar refractivity (Wildman–Crippen MR) is 141 cm³/mol. The molecule has 1 amide bonds. The van der Waals surface area contributed by atoms with Gasteiger partial charge in [-0.05, 0) is 71.2 Å². The van der Waals surface area contributed by atoms with Crippen molar-refractivity contribution in [1.82, 2.24) is 24.6 Å². The Balaban J connectivity index is 1.60. The Kier molecular flexibility index (Phi) is 7.97. The number of piperazine rings is 1. The smallest absolute Gasteiger partial charge is 0.349 e. The highest BCUT2D eigenvalue weighted by Crippen LogP contribution is 2.34. The molecule has 2 aromatic carbocycles. The highest BCUT2D eigenvalue weighted by Gasteiger charge is 2.27. The molecule has 200 valence electrons. The second kappa shape index (κ2) is 11.2. The first-order valence-corrected chi connectivity index (χ1v) is 12.5. The second-order valence-corrected chi connectivity index (χ2v) is 9.64. The molecule has 0 atom stereocenters. The number of aliphatic carboxylic acids is 1. The van der Waals surface area contributed by atoms with Crippen molar-refractivity contribution in [2.45, 2.75) is 13.8 Å². The molecule has 1 saturated heterocycles. The Morgan fingerprint density at radius 2 is 1.74 bits per heavy atom. The van der Waals surface area contributed by atoms with Crippen molar-refractivity contribution in [1.29, 1.82) is 0 Å². The molecule has 0 aliphatic carbocycles. The number of hydrogen-bond acceptors (Lipinski definition) is 8. The summed E-state index contributed by atoms with van der Waals surface area (Å²) in [4.78, 5) is 54.4. The monoisotopic (exact) mass is 587 g/mol. The van der Waals surface area contributed by atoms with Gasteiger partial charge >= 0.3 is 11.7 Å². The zero-order chi connectivity index (χ0) is 27.6. The van der Waals surface area contributed by atoms with E-state index in [4.69, 9.17) is 14.6 Å². The number of carboxylic acid groups (broad SMARTS) is 1. The minimum Gasteiger partial charge on any atom is -0.496 e. The van der Waals surface area contributed by atoms with Crippen LogP contribution < -0.4 is 20.7 Å². The SMILES string of the molecule is COc1ccc(Oc2c(C)cc(-n3nc(C(=O)N4CCN(CC(=O)O)CC4)c(=O)[nH]c3=O)cc2C)cc1Br. The number of aryl methyl sites for hydroxylation is 2. The lowest BCUT2D eigenvalue weighted by molar-refractivity contribution is -0.138. The fourth-order valence-electron chi connectivity index (χ4n) is 4.20. The van der Waals surface area contributed by atoms with Crippen molar-refractivity contribution in [2.24, 2.45) is 0 Å². The van der Waals surface area contributed by atoms with Crippen LogP contribution in [0.1, 0.15) is 21.6 Å². The van der Waals surface area contributed by atoms with Crippen LogP contribution >= 0.6 is 15.9 Å². The standard InChI is InChI=1S/C25H26BrN5O7/c1-14-10-16(11-15(2)22(14)38-17-4-5-19(37-3)18(26)12-17)31-25(36)27-23(34)21(28-31)24(35)30-8-6-29(7-9-30)13-20(32)33/h4-5,10-12H,6-9,13H2,1-3H3,(H,32,33)(H,27,34,36). The van der Waals surface area contributed by atoms with Crippen LogP contribution in [0.5, 0.6) is 17.2 Å². The number of carboxylic acids is 1. The van der Waals surface area contributed by atoms with Gasteiger partial charge in [-0.15, -0.1) is 0 Å². The fraction of sp³-hybridized carbons (Fsp3) is 0.320. The Bertz CT molecular complexity index is 1490. The molecule has 12 nitrogen and oxygen atoms in total. The lowest BCUT2D eigenvalue weighted by Crippen LogP contribution is -2.51. The van der Waals surface area contributed by atoms with E-state index in [0.717, 1.165) is 9.15 Å². The van der Waals surface area contributed by atoms with Crippen LogP contribution in [-0.2, 0) is 4.79 Å². The van der Waals surface area contributed by atoms with Crippen molar-refractivity contribution in [3.8, 4) is 22.9 Å². The van der Waals surface area contributed by atoms with Gasteiger partial charge in [-0.25, -0.2) is 4.79 Å². The largest absolute Gasteiger partial charge is 0.496 e. The summed E-state index contributed by atoms with van der Waals surface area (Å²) in [6.07, 6.45) is 0. The van der Waals surface area contributed by atoms with Gasteiger partial charge in [0.15, 0.2) is 0 Å². The molecule has 2 heterocycles. The molecule has 38 heavy (non-hydrogen) atoms. The van der Waals surface area contributed by atoms with Gasteiger partial charge in [-0.1, -0.05) is 0 Å². The molecule has 0 unspecified atom stereocenters. The van der Waals surface area contributed by atoms with Gasteiger partial charge in [0.2, 0.25) is 5.69 Å². The minimum atomic E-state index is -0.950. The predicted octanol–water partition coefficient (Wildman–Crippen LogP) is 1.94. The van der Waals surface area contributed by atoms with Gasteiger partial charge in [-0.3, -0.25) is 24.3 Å². The summed E-state index contributed by atoms with van der Waals surface area (Å²) in [6.45, 7) is 4.66. The van der Waals surface area contributed by atoms with Gasteiger partial charge in [-0.2, -0.15) is 9.78 Å². The molecule has 0 spiro atoms. The maximum absolute atomic E-state index is 13.1. The lowest BCUT2D eigenvalue weighted by atomic mass is 10.1. The van der Waals surface area contributed by atoms with Crippen LogP contribution in [0.3, 0.4) is 0 Å². The highest BCUT2D eigenvalue weighted by molar-refractivity contribution is 9.10. The molecule has 2 N–H and O–H groups in total.